The molecule has 1 saturated carbocycles. The molecule has 1 aliphatic carbocycles. The highest BCUT2D eigenvalue weighted by Crippen LogP contribution is 2.32. The van der Waals surface area contributed by atoms with E-state index in [0.29, 0.717) is 18.0 Å². The molecule has 4 nitrogen and oxygen atoms in total. The van der Waals surface area contributed by atoms with Gasteiger partial charge in [-0.05, 0) is 25.7 Å². The van der Waals surface area contributed by atoms with Crippen LogP contribution in [-0.4, -0.2) is 41.4 Å². The van der Waals surface area contributed by atoms with Gasteiger partial charge < -0.3 is 10.0 Å². The summed E-state index contributed by atoms with van der Waals surface area (Å²) in [4.78, 5) is 25.5. The molecule has 0 aromatic heterocycles. The van der Waals surface area contributed by atoms with Crippen LogP contribution in [0.1, 0.15) is 41.6 Å². The van der Waals surface area contributed by atoms with E-state index >= 15 is 0 Å². The van der Waals surface area contributed by atoms with Gasteiger partial charge in [0.05, 0.1) is 6.10 Å². The van der Waals surface area contributed by atoms with Crippen molar-refractivity contribution >= 4 is 11.7 Å². The maximum atomic E-state index is 12.0. The van der Waals surface area contributed by atoms with Gasteiger partial charge in [0.2, 0.25) is 5.91 Å². The van der Waals surface area contributed by atoms with Crippen LogP contribution >= 0.6 is 0 Å². The van der Waals surface area contributed by atoms with Crippen LogP contribution in [0.3, 0.4) is 0 Å². The zero-order chi connectivity index (χ0) is 15.4. The van der Waals surface area contributed by atoms with E-state index in [1.54, 1.807) is 19.2 Å². The standard InChI is InChI=1S/C17H23NO3/c1-12-3-5-13(6-4-12)15(19)9-10-17(21)18(2)11-16(20)14-7-8-14/h3-6,14,16,20H,7-11H2,1-2H3. The molecule has 1 unspecified atom stereocenters. The van der Waals surface area contributed by atoms with E-state index in [2.05, 4.69) is 0 Å². The van der Waals surface area contributed by atoms with Gasteiger partial charge in [0, 0.05) is 32.0 Å². The van der Waals surface area contributed by atoms with Gasteiger partial charge in [-0.1, -0.05) is 29.8 Å². The highest BCUT2D eigenvalue weighted by Gasteiger charge is 2.31. The molecule has 1 amide bonds. The second-order valence-electron chi connectivity index (χ2n) is 5.97. The molecule has 0 saturated heterocycles. The van der Waals surface area contributed by atoms with Crippen molar-refractivity contribution in [2.45, 2.75) is 38.7 Å². The fourth-order valence-electron chi connectivity index (χ4n) is 2.31. The molecule has 114 valence electrons. The number of hydrogen-bond donors (Lipinski definition) is 1. The Morgan fingerprint density at radius 1 is 1.24 bits per heavy atom. The summed E-state index contributed by atoms with van der Waals surface area (Å²) in [6.45, 7) is 2.33. The van der Waals surface area contributed by atoms with Crippen molar-refractivity contribution in [3.8, 4) is 0 Å². The second kappa shape index (κ2) is 6.85. The number of carbonyl (C=O) groups is 2. The van der Waals surface area contributed by atoms with Crippen LogP contribution in [0.2, 0.25) is 0 Å². The monoisotopic (exact) mass is 289 g/mol. The quantitative estimate of drug-likeness (QED) is 0.783. The van der Waals surface area contributed by atoms with Crippen LogP contribution in [0.4, 0.5) is 0 Å². The number of benzene rings is 1. The van der Waals surface area contributed by atoms with Crippen LogP contribution in [-0.2, 0) is 4.79 Å². The molecule has 1 atom stereocenters. The van der Waals surface area contributed by atoms with Crippen molar-refractivity contribution in [2.75, 3.05) is 13.6 Å². The molecule has 0 radical (unpaired) electrons. The predicted molar refractivity (Wildman–Crippen MR) is 81.1 cm³/mol. The normalized spacial score (nSPS) is 15.6. The molecule has 0 bridgehead atoms. The molecular weight excluding hydrogens is 266 g/mol. The van der Waals surface area contributed by atoms with Crippen LogP contribution in [0, 0.1) is 12.8 Å². The lowest BCUT2D eigenvalue weighted by atomic mass is 10.0. The molecule has 21 heavy (non-hydrogen) atoms. The van der Waals surface area contributed by atoms with Crippen molar-refractivity contribution in [2.24, 2.45) is 5.92 Å². The lowest BCUT2D eigenvalue weighted by Gasteiger charge is -2.20. The first-order valence-corrected chi connectivity index (χ1v) is 7.49. The Morgan fingerprint density at radius 3 is 2.43 bits per heavy atom. The number of Topliss-reactive ketones (excluding diaryl/α,β-unsaturated/α-hetero) is 1. The van der Waals surface area contributed by atoms with E-state index < -0.39 is 6.10 Å². The number of nitrogens with zero attached hydrogens (tertiary/aromatic N) is 1. The summed E-state index contributed by atoms with van der Waals surface area (Å²) in [7, 11) is 1.68. The van der Waals surface area contributed by atoms with Gasteiger partial charge in [-0.2, -0.15) is 0 Å². The van der Waals surface area contributed by atoms with Gasteiger partial charge in [-0.25, -0.2) is 0 Å². The summed E-state index contributed by atoms with van der Waals surface area (Å²) < 4.78 is 0. The molecule has 1 aliphatic rings. The van der Waals surface area contributed by atoms with E-state index in [9.17, 15) is 14.7 Å². The minimum Gasteiger partial charge on any atom is -0.391 e. The largest absolute Gasteiger partial charge is 0.391 e. The van der Waals surface area contributed by atoms with E-state index in [1.165, 1.54) is 4.90 Å². The average Bonchev–Trinajstić information content (AvgIpc) is 3.29. The molecule has 0 aliphatic heterocycles. The molecule has 1 fully saturated rings. The Morgan fingerprint density at radius 2 is 1.86 bits per heavy atom. The zero-order valence-electron chi connectivity index (χ0n) is 12.7. The molecule has 1 N–H and O–H groups in total. The SMILES string of the molecule is Cc1ccc(C(=O)CCC(=O)N(C)CC(O)C2CC2)cc1. The van der Waals surface area contributed by atoms with Crippen molar-refractivity contribution in [1.29, 1.82) is 0 Å². The third-order valence-corrected chi connectivity index (χ3v) is 3.99. The molecule has 4 heteroatoms. The van der Waals surface area contributed by atoms with Crippen molar-refractivity contribution in [3.63, 3.8) is 0 Å². The van der Waals surface area contributed by atoms with Gasteiger partial charge in [-0.15, -0.1) is 0 Å². The number of amides is 1. The molecule has 1 aromatic rings. The maximum absolute atomic E-state index is 12.0. The zero-order valence-corrected chi connectivity index (χ0v) is 12.7. The van der Waals surface area contributed by atoms with Crippen LogP contribution in [0.5, 0.6) is 0 Å². The first-order chi connectivity index (χ1) is 9.97. The van der Waals surface area contributed by atoms with Crippen LogP contribution in [0.15, 0.2) is 24.3 Å². The fourth-order valence-corrected chi connectivity index (χ4v) is 2.31. The van der Waals surface area contributed by atoms with Gasteiger partial charge in [0.15, 0.2) is 5.78 Å². The van der Waals surface area contributed by atoms with Gasteiger partial charge in [0.1, 0.15) is 0 Å². The number of ketones is 1. The lowest BCUT2D eigenvalue weighted by molar-refractivity contribution is -0.131. The topological polar surface area (TPSA) is 57.6 Å². The lowest BCUT2D eigenvalue weighted by Crippen LogP contribution is -2.35. The highest BCUT2D eigenvalue weighted by molar-refractivity contribution is 5.97. The molecule has 0 heterocycles. The molecule has 1 aromatic carbocycles. The number of aliphatic hydroxyl groups is 1. The Bertz CT molecular complexity index is 505. The van der Waals surface area contributed by atoms with Crippen LogP contribution < -0.4 is 0 Å². The fraction of sp³-hybridized carbons (Fsp3) is 0.529. The van der Waals surface area contributed by atoms with Crippen LogP contribution in [0.25, 0.3) is 0 Å². The summed E-state index contributed by atoms with van der Waals surface area (Å²) >= 11 is 0. The Hall–Kier alpha value is -1.68. The van der Waals surface area contributed by atoms with E-state index in [-0.39, 0.29) is 24.5 Å². The first kappa shape index (κ1) is 15.7. The minimum atomic E-state index is -0.424. The number of rotatable bonds is 7. The molecule has 2 rings (SSSR count). The maximum Gasteiger partial charge on any atom is 0.222 e. The van der Waals surface area contributed by atoms with Crippen molar-refractivity contribution in [1.82, 2.24) is 4.90 Å². The number of hydrogen-bond acceptors (Lipinski definition) is 3. The predicted octanol–water partition coefficient (Wildman–Crippen LogP) is 2.19. The van der Waals surface area contributed by atoms with Gasteiger partial charge >= 0.3 is 0 Å². The summed E-state index contributed by atoms with van der Waals surface area (Å²) in [5.41, 5.74) is 1.76. The smallest absolute Gasteiger partial charge is 0.222 e. The third kappa shape index (κ3) is 4.67. The van der Waals surface area contributed by atoms with E-state index in [1.807, 2.05) is 19.1 Å². The summed E-state index contributed by atoms with van der Waals surface area (Å²) in [5.74, 6) is 0.254. The van der Waals surface area contributed by atoms with Gasteiger partial charge in [-0.3, -0.25) is 9.59 Å². The summed E-state index contributed by atoms with van der Waals surface area (Å²) in [5, 5.41) is 9.83. The number of likely N-dealkylation sites (N-methyl/N-ethyl adjacent to an activating group) is 1. The average molecular weight is 289 g/mol. The van der Waals surface area contributed by atoms with Crippen molar-refractivity contribution in [3.05, 3.63) is 35.4 Å². The second-order valence-corrected chi connectivity index (χ2v) is 5.97. The van der Waals surface area contributed by atoms with Crippen molar-refractivity contribution < 1.29 is 14.7 Å². The number of aryl methyl sites for hydroxylation is 1. The summed E-state index contributed by atoms with van der Waals surface area (Å²) in [6, 6.07) is 7.38. The third-order valence-electron chi connectivity index (χ3n) is 3.99. The first-order valence-electron chi connectivity index (χ1n) is 7.49. The van der Waals surface area contributed by atoms with Gasteiger partial charge in [0.25, 0.3) is 0 Å². The van der Waals surface area contributed by atoms with E-state index in [0.717, 1.165) is 18.4 Å². The Labute approximate surface area is 125 Å². The Kier molecular flexibility index (Phi) is 5.12. The Balaban J connectivity index is 1.77. The van der Waals surface area contributed by atoms with E-state index in [4.69, 9.17) is 0 Å². The summed E-state index contributed by atoms with van der Waals surface area (Å²) in [6.07, 6.45) is 2.09. The minimum absolute atomic E-state index is 0.0144. The number of aliphatic hydroxyl groups excluding tert-OH is 1. The molecular formula is C17H23NO3. The molecule has 0 spiro atoms. The number of carbonyl (C=O) groups excluding carboxylic acids is 2. The highest BCUT2D eigenvalue weighted by atomic mass is 16.3.